The molecule has 158 valence electrons. The Hall–Kier alpha value is -3.87. The number of carbonyl (C=O) groups is 1. The lowest BCUT2D eigenvalue weighted by molar-refractivity contribution is -0.122. The minimum Gasteiger partial charge on any atom is -0.497 e. The normalized spacial score (nSPS) is 10.9. The molecule has 0 fully saturated rings. The molecule has 7 nitrogen and oxygen atoms in total. The molecule has 0 radical (unpaired) electrons. The number of nitrogens with one attached hydrogen (secondary N) is 1. The van der Waals surface area contributed by atoms with Crippen LogP contribution in [0, 0.1) is 0 Å². The Morgan fingerprint density at radius 2 is 1.74 bits per heavy atom. The number of ether oxygens (including phenoxy) is 1. The lowest BCUT2D eigenvalue weighted by Gasteiger charge is -2.13. The first-order valence-corrected chi connectivity index (χ1v) is 10.2. The van der Waals surface area contributed by atoms with E-state index in [-0.39, 0.29) is 18.0 Å². The first-order valence-electron chi connectivity index (χ1n) is 10.2. The minimum atomic E-state index is -0.211. The molecule has 2 aromatic heterocycles. The molecule has 0 aliphatic carbocycles. The maximum atomic E-state index is 13.1. The van der Waals surface area contributed by atoms with E-state index in [0.29, 0.717) is 23.3 Å². The number of hydrogen-bond donors (Lipinski definition) is 1. The lowest BCUT2D eigenvalue weighted by atomic mass is 10.1. The summed E-state index contributed by atoms with van der Waals surface area (Å²) < 4.78 is 8.30. The Balaban J connectivity index is 1.62. The summed E-state index contributed by atoms with van der Waals surface area (Å²) in [6.07, 6.45) is 2.53. The van der Waals surface area contributed by atoms with Gasteiger partial charge in [-0.1, -0.05) is 31.2 Å². The molecule has 0 saturated carbocycles. The van der Waals surface area contributed by atoms with Crippen molar-refractivity contribution in [2.45, 2.75) is 26.4 Å². The van der Waals surface area contributed by atoms with E-state index < -0.39 is 0 Å². The third kappa shape index (κ3) is 4.21. The molecule has 1 N–H and O–H groups in total. The fourth-order valence-corrected chi connectivity index (χ4v) is 3.50. The summed E-state index contributed by atoms with van der Waals surface area (Å²) in [5.74, 6) is 0.551. The maximum absolute atomic E-state index is 13.1. The molecule has 2 aromatic carbocycles. The van der Waals surface area contributed by atoms with Crippen LogP contribution in [-0.4, -0.2) is 27.4 Å². The number of aromatic nitrogens is 3. The van der Waals surface area contributed by atoms with Crippen molar-refractivity contribution in [3.63, 3.8) is 0 Å². The number of fused-ring (bicyclic) bond motifs is 1. The molecule has 0 spiro atoms. The highest BCUT2D eigenvalue weighted by molar-refractivity contribution is 5.80. The number of nitrogens with zero attached hydrogens (tertiary/aromatic N) is 3. The van der Waals surface area contributed by atoms with Crippen molar-refractivity contribution in [3.8, 4) is 11.4 Å². The van der Waals surface area contributed by atoms with E-state index in [1.807, 2.05) is 48.5 Å². The number of pyridine rings is 1. The van der Waals surface area contributed by atoms with E-state index in [4.69, 9.17) is 4.74 Å². The van der Waals surface area contributed by atoms with Gasteiger partial charge in [0.25, 0.3) is 5.56 Å². The lowest BCUT2D eigenvalue weighted by Crippen LogP contribution is -2.31. The summed E-state index contributed by atoms with van der Waals surface area (Å²) >= 11 is 0. The van der Waals surface area contributed by atoms with Crippen LogP contribution in [0.25, 0.3) is 16.7 Å². The van der Waals surface area contributed by atoms with Crippen molar-refractivity contribution in [1.29, 1.82) is 0 Å². The fraction of sp³-hybridized carbons (Fsp3) is 0.208. The van der Waals surface area contributed by atoms with Gasteiger partial charge in [-0.05, 0) is 53.9 Å². The van der Waals surface area contributed by atoms with Crippen molar-refractivity contribution >= 4 is 16.9 Å². The smallest absolute Gasteiger partial charge is 0.280 e. The van der Waals surface area contributed by atoms with E-state index >= 15 is 0 Å². The van der Waals surface area contributed by atoms with Gasteiger partial charge in [0.05, 0.1) is 18.2 Å². The molecule has 0 saturated heterocycles. The molecule has 0 atom stereocenters. The summed E-state index contributed by atoms with van der Waals surface area (Å²) in [7, 11) is 1.61. The van der Waals surface area contributed by atoms with Gasteiger partial charge in [0.15, 0.2) is 5.65 Å². The second-order valence-electron chi connectivity index (χ2n) is 7.19. The molecule has 0 aliphatic heterocycles. The Morgan fingerprint density at radius 3 is 2.42 bits per heavy atom. The number of aryl methyl sites for hydroxylation is 1. The largest absolute Gasteiger partial charge is 0.497 e. The standard InChI is InChI=1S/C24H24N4O3/c1-3-17-6-10-19(11-7-17)28-24(30)21-5-4-14-25-23(21)27(28)16-22(29)26-15-18-8-12-20(31-2)13-9-18/h4-14H,3,15-16H2,1-2H3,(H,26,29). The average Bonchev–Trinajstić information content (AvgIpc) is 3.09. The summed E-state index contributed by atoms with van der Waals surface area (Å²) in [4.78, 5) is 30.2. The third-order valence-electron chi connectivity index (χ3n) is 5.23. The molecule has 7 heteroatoms. The third-order valence-corrected chi connectivity index (χ3v) is 5.23. The van der Waals surface area contributed by atoms with Gasteiger partial charge < -0.3 is 10.1 Å². The van der Waals surface area contributed by atoms with Crippen LogP contribution in [0.2, 0.25) is 0 Å². The molecule has 4 rings (SSSR count). The van der Waals surface area contributed by atoms with Crippen LogP contribution in [-0.2, 0) is 24.3 Å². The summed E-state index contributed by atoms with van der Waals surface area (Å²) in [6, 6.07) is 18.7. The first-order chi connectivity index (χ1) is 15.1. The van der Waals surface area contributed by atoms with Crippen molar-refractivity contribution in [3.05, 3.63) is 88.3 Å². The number of hydrogen-bond acceptors (Lipinski definition) is 4. The van der Waals surface area contributed by atoms with Crippen LogP contribution in [0.5, 0.6) is 5.75 Å². The van der Waals surface area contributed by atoms with Crippen molar-refractivity contribution < 1.29 is 9.53 Å². The SMILES string of the molecule is CCc1ccc(-n2c(=O)c3cccnc3n2CC(=O)NCc2ccc(OC)cc2)cc1. The van der Waals surface area contributed by atoms with Crippen LogP contribution in [0.3, 0.4) is 0 Å². The van der Waals surface area contributed by atoms with Gasteiger partial charge in [-0.3, -0.25) is 14.3 Å². The van der Waals surface area contributed by atoms with E-state index in [1.165, 1.54) is 10.2 Å². The molecule has 1 amide bonds. The van der Waals surface area contributed by atoms with Gasteiger partial charge in [0, 0.05) is 12.7 Å². The highest BCUT2D eigenvalue weighted by atomic mass is 16.5. The topological polar surface area (TPSA) is 78.2 Å². The Labute approximate surface area is 179 Å². The van der Waals surface area contributed by atoms with Crippen molar-refractivity contribution in [1.82, 2.24) is 19.7 Å². The van der Waals surface area contributed by atoms with Crippen LogP contribution >= 0.6 is 0 Å². The van der Waals surface area contributed by atoms with Crippen LogP contribution in [0.1, 0.15) is 18.1 Å². The van der Waals surface area contributed by atoms with Gasteiger partial charge in [-0.15, -0.1) is 0 Å². The van der Waals surface area contributed by atoms with Gasteiger partial charge in [-0.2, -0.15) is 0 Å². The summed E-state index contributed by atoms with van der Waals surface area (Å²) in [6.45, 7) is 2.43. The minimum absolute atomic E-state index is 0.0264. The Bertz CT molecular complexity index is 1250. The van der Waals surface area contributed by atoms with Crippen LogP contribution < -0.4 is 15.6 Å². The Morgan fingerprint density at radius 1 is 1.03 bits per heavy atom. The molecule has 31 heavy (non-hydrogen) atoms. The molecule has 0 aliphatic rings. The average molecular weight is 416 g/mol. The zero-order valence-electron chi connectivity index (χ0n) is 17.5. The molecule has 0 unspecified atom stereocenters. The quantitative estimate of drug-likeness (QED) is 0.502. The molecule has 0 bridgehead atoms. The zero-order valence-corrected chi connectivity index (χ0v) is 17.5. The first kappa shape index (κ1) is 20.4. The van der Waals surface area contributed by atoms with Gasteiger partial charge >= 0.3 is 0 Å². The molecular weight excluding hydrogens is 392 g/mol. The predicted molar refractivity (Wildman–Crippen MR) is 120 cm³/mol. The maximum Gasteiger partial charge on any atom is 0.280 e. The van der Waals surface area contributed by atoms with Gasteiger partial charge in [0.2, 0.25) is 5.91 Å². The van der Waals surface area contributed by atoms with E-state index in [1.54, 1.807) is 30.1 Å². The number of amides is 1. The molecular formula is C24H24N4O3. The summed E-state index contributed by atoms with van der Waals surface area (Å²) in [5.41, 5.74) is 3.11. The van der Waals surface area contributed by atoms with E-state index in [0.717, 1.165) is 17.7 Å². The number of carbonyl (C=O) groups excluding carboxylic acids is 1. The van der Waals surface area contributed by atoms with Crippen molar-refractivity contribution in [2.24, 2.45) is 0 Å². The van der Waals surface area contributed by atoms with E-state index in [2.05, 4.69) is 17.2 Å². The van der Waals surface area contributed by atoms with Gasteiger partial charge in [0.1, 0.15) is 12.3 Å². The highest BCUT2D eigenvalue weighted by Gasteiger charge is 2.17. The summed E-state index contributed by atoms with van der Waals surface area (Å²) in [5, 5.41) is 3.39. The molecule has 2 heterocycles. The van der Waals surface area contributed by atoms with Crippen molar-refractivity contribution in [2.75, 3.05) is 7.11 Å². The zero-order chi connectivity index (χ0) is 21.8. The van der Waals surface area contributed by atoms with E-state index in [9.17, 15) is 9.59 Å². The molecule has 4 aromatic rings. The fourth-order valence-electron chi connectivity index (χ4n) is 3.50. The number of benzene rings is 2. The number of rotatable bonds is 7. The Kier molecular flexibility index (Phi) is 5.84. The predicted octanol–water partition coefficient (Wildman–Crippen LogP) is 3.07. The second-order valence-corrected chi connectivity index (χ2v) is 7.19. The monoisotopic (exact) mass is 416 g/mol. The highest BCUT2D eigenvalue weighted by Crippen LogP contribution is 2.15. The number of methoxy groups -OCH3 is 1. The van der Waals surface area contributed by atoms with Gasteiger partial charge in [-0.25, -0.2) is 9.67 Å². The van der Waals surface area contributed by atoms with Crippen LogP contribution in [0.15, 0.2) is 71.7 Å². The van der Waals surface area contributed by atoms with Crippen LogP contribution in [0.4, 0.5) is 0 Å². The second kappa shape index (κ2) is 8.87.